The van der Waals surface area contributed by atoms with Gasteiger partial charge in [-0.15, -0.1) is 0 Å². The van der Waals surface area contributed by atoms with E-state index in [2.05, 4.69) is 0 Å². The number of rotatable bonds is 5. The number of hydrogen-bond donors (Lipinski definition) is 2. The van der Waals surface area contributed by atoms with Crippen LogP contribution in [0.5, 0.6) is 11.5 Å². The van der Waals surface area contributed by atoms with E-state index in [-0.39, 0.29) is 15.7 Å². The van der Waals surface area contributed by atoms with Crippen molar-refractivity contribution in [3.63, 3.8) is 0 Å². The van der Waals surface area contributed by atoms with Gasteiger partial charge in [-0.25, -0.2) is 8.78 Å². The minimum Gasteiger partial charge on any atom is -0.480 e. The minimum absolute atomic E-state index is 0.0772. The first kappa shape index (κ1) is 20.0. The molecular formula is C15H10F2I3NO3. The van der Waals surface area contributed by atoms with E-state index in [4.69, 9.17) is 15.6 Å². The average Bonchev–Trinajstić information content (AvgIpc) is 2.50. The summed E-state index contributed by atoms with van der Waals surface area (Å²) in [5.41, 5.74) is 6.28. The molecular weight excluding hydrogens is 661 g/mol. The highest BCUT2D eigenvalue weighted by Gasteiger charge is 2.18. The van der Waals surface area contributed by atoms with Gasteiger partial charge in [0.05, 0.1) is 10.7 Å². The zero-order valence-corrected chi connectivity index (χ0v) is 18.3. The van der Waals surface area contributed by atoms with Crippen molar-refractivity contribution in [3.05, 3.63) is 52.2 Å². The molecule has 0 aliphatic rings. The standard InChI is InChI=1S/C15H10F2I3NO3/c16-7-1-2-11(12(17)13(7)20)24-14-8(18)3-6(4-9(14)19)5-10(21)15(22)23/h1-4,10H,5,21H2,(H,22,23)/t10-/m0/s1. The Balaban J connectivity index is 2.32. The van der Waals surface area contributed by atoms with Gasteiger partial charge in [-0.3, -0.25) is 4.79 Å². The molecule has 4 nitrogen and oxygen atoms in total. The van der Waals surface area contributed by atoms with Crippen molar-refractivity contribution in [2.24, 2.45) is 5.73 Å². The molecule has 0 unspecified atom stereocenters. The van der Waals surface area contributed by atoms with E-state index in [0.717, 1.165) is 11.6 Å². The molecule has 0 fully saturated rings. The van der Waals surface area contributed by atoms with Crippen molar-refractivity contribution in [1.82, 2.24) is 0 Å². The normalized spacial score (nSPS) is 12.1. The molecule has 1 atom stereocenters. The Morgan fingerprint density at radius 2 is 1.79 bits per heavy atom. The van der Waals surface area contributed by atoms with Crippen molar-refractivity contribution in [1.29, 1.82) is 0 Å². The van der Waals surface area contributed by atoms with E-state index in [1.807, 2.05) is 45.2 Å². The zero-order chi connectivity index (χ0) is 18.0. The fourth-order valence-corrected chi connectivity index (χ4v) is 4.43. The molecule has 0 aromatic heterocycles. The van der Waals surface area contributed by atoms with Crippen LogP contribution >= 0.6 is 67.8 Å². The van der Waals surface area contributed by atoms with Crippen LogP contribution in [0.3, 0.4) is 0 Å². The summed E-state index contributed by atoms with van der Waals surface area (Å²) < 4.78 is 34.2. The molecule has 0 amide bonds. The van der Waals surface area contributed by atoms with Crippen LogP contribution in [-0.4, -0.2) is 17.1 Å². The summed E-state index contributed by atoms with van der Waals surface area (Å²) in [7, 11) is 0. The van der Waals surface area contributed by atoms with Crippen molar-refractivity contribution >= 4 is 73.7 Å². The quantitative estimate of drug-likeness (QED) is 0.363. The number of aliphatic carboxylic acids is 1. The van der Waals surface area contributed by atoms with Crippen LogP contribution < -0.4 is 10.5 Å². The molecule has 128 valence electrons. The predicted octanol–water partition coefficient (Wildman–Crippen LogP) is 4.53. The molecule has 0 heterocycles. The lowest BCUT2D eigenvalue weighted by Gasteiger charge is -2.14. The van der Waals surface area contributed by atoms with E-state index in [1.54, 1.807) is 34.7 Å². The van der Waals surface area contributed by atoms with Crippen molar-refractivity contribution in [2.45, 2.75) is 12.5 Å². The van der Waals surface area contributed by atoms with Crippen molar-refractivity contribution in [2.75, 3.05) is 0 Å². The Labute approximate surface area is 177 Å². The summed E-state index contributed by atoms with van der Waals surface area (Å²) >= 11 is 5.60. The molecule has 0 bridgehead atoms. The van der Waals surface area contributed by atoms with Gasteiger partial charge in [-0.2, -0.15) is 0 Å². The molecule has 24 heavy (non-hydrogen) atoms. The van der Waals surface area contributed by atoms with Crippen LogP contribution in [-0.2, 0) is 11.2 Å². The molecule has 2 aromatic rings. The number of hydrogen-bond acceptors (Lipinski definition) is 3. The van der Waals surface area contributed by atoms with Gasteiger partial charge in [0, 0.05) is 0 Å². The summed E-state index contributed by atoms with van der Waals surface area (Å²) in [6.07, 6.45) is 0.171. The van der Waals surface area contributed by atoms with Gasteiger partial charge in [-0.1, -0.05) is 0 Å². The molecule has 0 spiro atoms. The summed E-state index contributed by atoms with van der Waals surface area (Å²) in [5.74, 6) is -2.15. The smallest absolute Gasteiger partial charge is 0.320 e. The SMILES string of the molecule is N[C@@H](Cc1cc(I)c(Oc2ccc(F)c(I)c2F)c(I)c1)C(=O)O. The monoisotopic (exact) mass is 671 g/mol. The number of carboxylic acids is 1. The molecule has 0 saturated carbocycles. The van der Waals surface area contributed by atoms with Crippen molar-refractivity contribution in [3.8, 4) is 11.5 Å². The van der Waals surface area contributed by atoms with Gasteiger partial charge in [0.1, 0.15) is 11.9 Å². The van der Waals surface area contributed by atoms with Gasteiger partial charge in [0.15, 0.2) is 17.3 Å². The number of benzene rings is 2. The van der Waals surface area contributed by atoms with Crippen LogP contribution in [0.25, 0.3) is 0 Å². The van der Waals surface area contributed by atoms with Crippen LogP contribution in [0.2, 0.25) is 0 Å². The van der Waals surface area contributed by atoms with Crippen LogP contribution in [0.15, 0.2) is 24.3 Å². The third-order valence-electron chi connectivity index (χ3n) is 3.04. The number of nitrogens with two attached hydrogens (primary N) is 1. The Kier molecular flexibility index (Phi) is 7.01. The maximum absolute atomic E-state index is 14.1. The number of carboxylic acid groups (broad SMARTS) is 1. The van der Waals surface area contributed by atoms with E-state index < -0.39 is 23.6 Å². The first-order chi connectivity index (χ1) is 11.2. The first-order valence-corrected chi connectivity index (χ1v) is 9.72. The molecule has 0 radical (unpaired) electrons. The van der Waals surface area contributed by atoms with Crippen LogP contribution in [0.1, 0.15) is 5.56 Å². The van der Waals surface area contributed by atoms with Crippen molar-refractivity contribution < 1.29 is 23.4 Å². The fourth-order valence-electron chi connectivity index (χ4n) is 1.87. The first-order valence-electron chi connectivity index (χ1n) is 6.48. The summed E-state index contributed by atoms with van der Waals surface area (Å²) in [6, 6.07) is 4.83. The highest BCUT2D eigenvalue weighted by atomic mass is 127. The topological polar surface area (TPSA) is 72.5 Å². The number of carbonyl (C=O) groups is 1. The molecule has 0 aliphatic heterocycles. The third-order valence-corrected chi connectivity index (χ3v) is 5.63. The van der Waals surface area contributed by atoms with Gasteiger partial charge in [0.2, 0.25) is 0 Å². The molecule has 2 aromatic carbocycles. The average molecular weight is 671 g/mol. The Morgan fingerprint density at radius 1 is 1.21 bits per heavy atom. The highest BCUT2D eigenvalue weighted by Crippen LogP contribution is 2.35. The maximum Gasteiger partial charge on any atom is 0.320 e. The Bertz CT molecular complexity index is 779. The predicted molar refractivity (Wildman–Crippen MR) is 110 cm³/mol. The van der Waals surface area contributed by atoms with E-state index in [9.17, 15) is 13.6 Å². The highest BCUT2D eigenvalue weighted by molar-refractivity contribution is 14.1. The molecule has 0 aliphatic carbocycles. The molecule has 9 heteroatoms. The van der Waals surface area contributed by atoms with E-state index in [1.165, 1.54) is 6.07 Å². The lowest BCUT2D eigenvalue weighted by molar-refractivity contribution is -0.138. The van der Waals surface area contributed by atoms with Gasteiger partial charge in [0.25, 0.3) is 0 Å². The number of halogens is 5. The van der Waals surface area contributed by atoms with Gasteiger partial charge in [-0.05, 0) is 104 Å². The molecule has 2 rings (SSSR count). The Morgan fingerprint density at radius 3 is 2.33 bits per heavy atom. The molecule has 0 saturated heterocycles. The minimum atomic E-state index is -1.08. The lowest BCUT2D eigenvalue weighted by Crippen LogP contribution is -2.32. The third kappa shape index (κ3) is 4.66. The van der Waals surface area contributed by atoms with Gasteiger partial charge < -0.3 is 15.6 Å². The summed E-state index contributed by atoms with van der Waals surface area (Å²) in [5, 5.41) is 8.88. The maximum atomic E-state index is 14.1. The Hall–Kier alpha value is -0.280. The second-order valence-electron chi connectivity index (χ2n) is 4.81. The van der Waals surface area contributed by atoms with Gasteiger partial charge >= 0.3 is 5.97 Å². The second-order valence-corrected chi connectivity index (χ2v) is 8.22. The zero-order valence-electron chi connectivity index (χ0n) is 11.8. The van der Waals surface area contributed by atoms with E-state index in [0.29, 0.717) is 12.9 Å². The largest absolute Gasteiger partial charge is 0.480 e. The van der Waals surface area contributed by atoms with Crippen LogP contribution in [0.4, 0.5) is 8.78 Å². The second kappa shape index (κ2) is 8.40. The van der Waals surface area contributed by atoms with E-state index >= 15 is 0 Å². The number of ether oxygens (including phenoxy) is 1. The van der Waals surface area contributed by atoms with Crippen LogP contribution in [0, 0.1) is 22.3 Å². The fraction of sp³-hybridized carbons (Fsp3) is 0.133. The lowest BCUT2D eigenvalue weighted by atomic mass is 10.1. The summed E-state index contributed by atoms with van der Waals surface area (Å²) in [4.78, 5) is 10.9. The molecule has 3 N–H and O–H groups in total. The summed E-state index contributed by atoms with van der Waals surface area (Å²) in [6.45, 7) is 0.